The standard InChI is InChI=1S/2C11H22N2O2/c2*1-8-5-6-9(12)7-13(8)10(14)15-11(2,3)4/h2*8-9H,5-7,12H2,1-4H3/t2*8-,9-/m10/s1. The van der Waals surface area contributed by atoms with E-state index in [1.54, 1.807) is 9.80 Å². The first-order valence-corrected chi connectivity index (χ1v) is 11.1. The maximum absolute atomic E-state index is 11.8. The Bertz CT molecular complexity index is 520. The number of likely N-dealkylation sites (tertiary alicyclic amines) is 2. The SMILES string of the molecule is C[C@@H]1CC[C@@H](N)CN1C(=O)OC(C)(C)C.C[C@H]1CC[C@H](N)CN1C(=O)OC(C)(C)C. The highest BCUT2D eigenvalue weighted by atomic mass is 16.6. The van der Waals surface area contributed by atoms with Crippen molar-refractivity contribution in [2.24, 2.45) is 11.5 Å². The second kappa shape index (κ2) is 10.7. The molecule has 4 N–H and O–H groups in total. The predicted octanol–water partition coefficient (Wildman–Crippen LogP) is 3.47. The molecule has 4 atom stereocenters. The molecule has 0 saturated carbocycles. The third-order valence-electron chi connectivity index (χ3n) is 5.09. The lowest BCUT2D eigenvalue weighted by atomic mass is 10.0. The molecule has 2 saturated heterocycles. The van der Waals surface area contributed by atoms with Crippen LogP contribution in [0, 0.1) is 0 Å². The molecule has 0 aliphatic carbocycles. The van der Waals surface area contributed by atoms with Crippen LogP contribution in [0.2, 0.25) is 0 Å². The number of piperidine rings is 2. The molecular formula is C22H44N4O4. The maximum atomic E-state index is 11.8. The normalized spacial score (nSPS) is 27.7. The van der Waals surface area contributed by atoms with E-state index in [1.165, 1.54) is 0 Å². The summed E-state index contributed by atoms with van der Waals surface area (Å²) in [6.07, 6.45) is 3.40. The summed E-state index contributed by atoms with van der Waals surface area (Å²) in [4.78, 5) is 27.1. The van der Waals surface area contributed by atoms with Crippen LogP contribution in [0.4, 0.5) is 9.59 Å². The summed E-state index contributed by atoms with van der Waals surface area (Å²) in [7, 11) is 0. The predicted molar refractivity (Wildman–Crippen MR) is 119 cm³/mol. The fourth-order valence-electron chi connectivity index (χ4n) is 3.42. The molecular weight excluding hydrogens is 384 g/mol. The maximum Gasteiger partial charge on any atom is 0.410 e. The van der Waals surface area contributed by atoms with Crippen LogP contribution in [-0.4, -0.2) is 70.4 Å². The molecule has 0 aromatic carbocycles. The van der Waals surface area contributed by atoms with Crippen LogP contribution in [0.25, 0.3) is 0 Å². The minimum absolute atomic E-state index is 0.0914. The quantitative estimate of drug-likeness (QED) is 0.611. The molecule has 176 valence electrons. The minimum Gasteiger partial charge on any atom is -0.444 e. The van der Waals surface area contributed by atoms with Crippen LogP contribution in [0.3, 0.4) is 0 Å². The fraction of sp³-hybridized carbons (Fsp3) is 0.909. The monoisotopic (exact) mass is 428 g/mol. The van der Waals surface area contributed by atoms with E-state index in [2.05, 4.69) is 0 Å². The zero-order valence-electron chi connectivity index (χ0n) is 20.2. The van der Waals surface area contributed by atoms with Gasteiger partial charge in [-0.3, -0.25) is 0 Å². The molecule has 2 aliphatic heterocycles. The van der Waals surface area contributed by atoms with Crippen molar-refractivity contribution in [1.82, 2.24) is 9.80 Å². The van der Waals surface area contributed by atoms with Gasteiger partial charge in [0.05, 0.1) is 0 Å². The molecule has 2 amide bonds. The third kappa shape index (κ3) is 9.51. The first kappa shape index (κ1) is 26.5. The van der Waals surface area contributed by atoms with E-state index in [0.717, 1.165) is 25.7 Å². The second-order valence-electron chi connectivity index (χ2n) is 10.6. The summed E-state index contributed by atoms with van der Waals surface area (Å²) >= 11 is 0. The van der Waals surface area contributed by atoms with E-state index in [9.17, 15) is 9.59 Å². The van der Waals surface area contributed by atoms with Crippen LogP contribution in [0.1, 0.15) is 81.1 Å². The number of carbonyl (C=O) groups excluding carboxylic acids is 2. The first-order chi connectivity index (χ1) is 13.6. The lowest BCUT2D eigenvalue weighted by molar-refractivity contribution is 0.00899. The third-order valence-corrected chi connectivity index (χ3v) is 5.09. The zero-order valence-corrected chi connectivity index (χ0v) is 20.2. The molecule has 8 nitrogen and oxygen atoms in total. The summed E-state index contributed by atoms with van der Waals surface area (Å²) in [5.74, 6) is 0. The smallest absolute Gasteiger partial charge is 0.410 e. The van der Waals surface area contributed by atoms with Crippen molar-refractivity contribution >= 4 is 12.2 Å². The van der Waals surface area contributed by atoms with E-state index in [0.29, 0.717) is 13.1 Å². The lowest BCUT2D eigenvalue weighted by Crippen LogP contribution is -2.51. The summed E-state index contributed by atoms with van der Waals surface area (Å²) in [5, 5.41) is 0. The summed E-state index contributed by atoms with van der Waals surface area (Å²) in [5.41, 5.74) is 10.8. The average molecular weight is 429 g/mol. The summed E-state index contributed by atoms with van der Waals surface area (Å²) in [6.45, 7) is 16.5. The molecule has 0 aromatic heterocycles. The topological polar surface area (TPSA) is 111 Å². The van der Waals surface area contributed by atoms with Gasteiger partial charge >= 0.3 is 12.2 Å². The van der Waals surface area contributed by atoms with Gasteiger partial charge in [0.2, 0.25) is 0 Å². The molecule has 0 bridgehead atoms. The van der Waals surface area contributed by atoms with Crippen LogP contribution in [0.5, 0.6) is 0 Å². The van der Waals surface area contributed by atoms with E-state index in [1.807, 2.05) is 55.4 Å². The van der Waals surface area contributed by atoms with Gasteiger partial charge in [-0.25, -0.2) is 9.59 Å². The molecule has 0 unspecified atom stereocenters. The number of amides is 2. The van der Waals surface area contributed by atoms with Crippen LogP contribution < -0.4 is 11.5 Å². The van der Waals surface area contributed by atoms with Crippen molar-refractivity contribution in [3.8, 4) is 0 Å². The highest BCUT2D eigenvalue weighted by molar-refractivity contribution is 5.69. The van der Waals surface area contributed by atoms with Gasteiger partial charge in [-0.05, 0) is 81.1 Å². The highest BCUT2D eigenvalue weighted by Crippen LogP contribution is 2.20. The number of ether oxygens (including phenoxy) is 2. The number of hydrogen-bond acceptors (Lipinski definition) is 6. The Kier molecular flexibility index (Phi) is 9.42. The number of rotatable bonds is 0. The van der Waals surface area contributed by atoms with E-state index in [4.69, 9.17) is 20.9 Å². The molecule has 2 heterocycles. The molecule has 30 heavy (non-hydrogen) atoms. The van der Waals surface area contributed by atoms with Gasteiger partial charge in [0, 0.05) is 37.3 Å². The molecule has 8 heteroatoms. The van der Waals surface area contributed by atoms with Gasteiger partial charge in [-0.2, -0.15) is 0 Å². The van der Waals surface area contributed by atoms with Crippen molar-refractivity contribution in [2.75, 3.05) is 13.1 Å². The number of carbonyl (C=O) groups is 2. The zero-order chi connectivity index (χ0) is 23.3. The Morgan fingerprint density at radius 2 is 1.00 bits per heavy atom. The number of nitrogens with zero attached hydrogens (tertiary/aromatic N) is 2. The average Bonchev–Trinajstić information content (AvgIpc) is 2.56. The van der Waals surface area contributed by atoms with Gasteiger partial charge in [0.1, 0.15) is 11.2 Å². The van der Waals surface area contributed by atoms with Crippen LogP contribution in [0.15, 0.2) is 0 Å². The number of nitrogens with two attached hydrogens (primary N) is 2. The van der Waals surface area contributed by atoms with Gasteiger partial charge in [-0.15, -0.1) is 0 Å². The Hall–Kier alpha value is -1.54. The summed E-state index contributed by atoms with van der Waals surface area (Å²) in [6, 6.07) is 0.654. The van der Waals surface area contributed by atoms with E-state index in [-0.39, 0.29) is 36.4 Å². The van der Waals surface area contributed by atoms with Gasteiger partial charge in [0.15, 0.2) is 0 Å². The Morgan fingerprint density at radius 1 is 0.700 bits per heavy atom. The molecule has 2 rings (SSSR count). The number of hydrogen-bond donors (Lipinski definition) is 2. The molecule has 2 aliphatic rings. The Labute approximate surface area is 182 Å². The fourth-order valence-corrected chi connectivity index (χ4v) is 3.42. The summed E-state index contributed by atoms with van der Waals surface area (Å²) < 4.78 is 10.7. The van der Waals surface area contributed by atoms with E-state index < -0.39 is 11.2 Å². The molecule has 0 spiro atoms. The van der Waals surface area contributed by atoms with Crippen LogP contribution in [-0.2, 0) is 9.47 Å². The Morgan fingerprint density at radius 3 is 1.27 bits per heavy atom. The van der Waals surface area contributed by atoms with Crippen molar-refractivity contribution in [3.63, 3.8) is 0 Å². The highest BCUT2D eigenvalue weighted by Gasteiger charge is 2.31. The van der Waals surface area contributed by atoms with Gasteiger partial charge < -0.3 is 30.7 Å². The lowest BCUT2D eigenvalue weighted by Gasteiger charge is -2.37. The second-order valence-corrected chi connectivity index (χ2v) is 10.6. The molecule has 0 aromatic rings. The van der Waals surface area contributed by atoms with Crippen molar-refractivity contribution in [3.05, 3.63) is 0 Å². The van der Waals surface area contributed by atoms with Gasteiger partial charge in [-0.1, -0.05) is 0 Å². The van der Waals surface area contributed by atoms with Crippen LogP contribution >= 0.6 is 0 Å². The van der Waals surface area contributed by atoms with Crippen molar-refractivity contribution in [1.29, 1.82) is 0 Å². The molecule has 2 fully saturated rings. The first-order valence-electron chi connectivity index (χ1n) is 11.1. The molecule has 0 radical (unpaired) electrons. The van der Waals surface area contributed by atoms with Gasteiger partial charge in [0.25, 0.3) is 0 Å². The minimum atomic E-state index is -0.432. The van der Waals surface area contributed by atoms with Crippen molar-refractivity contribution in [2.45, 2.75) is 116 Å². The van der Waals surface area contributed by atoms with E-state index >= 15 is 0 Å². The Balaban J connectivity index is 0.000000300. The van der Waals surface area contributed by atoms with Crippen molar-refractivity contribution < 1.29 is 19.1 Å². The largest absolute Gasteiger partial charge is 0.444 e.